The summed E-state index contributed by atoms with van der Waals surface area (Å²) in [6.07, 6.45) is 0. The standard InChI is InChI=1S/C21H16N4O2S4/c26-18(13-30-20-24-25(21(28)31-20)16-5-2-1-3-6-16)22-14-8-10-15(11-9-14)23-19(27)17-7-4-12-29-17/h1-12H,13H2,(H,22,26)(H,23,27). The van der Waals surface area contributed by atoms with Crippen LogP contribution >= 0.6 is 46.7 Å². The molecule has 0 unspecified atom stereocenters. The number of hydrogen-bond donors (Lipinski definition) is 2. The number of benzene rings is 2. The molecule has 4 aromatic rings. The monoisotopic (exact) mass is 484 g/mol. The SMILES string of the molecule is O=C(CSc1nn(-c2ccccc2)c(=S)s1)Nc1ccc(NC(=O)c2cccs2)cc1. The molecule has 0 aliphatic carbocycles. The van der Waals surface area contributed by atoms with Gasteiger partial charge in [-0.1, -0.05) is 47.4 Å². The maximum absolute atomic E-state index is 12.3. The van der Waals surface area contributed by atoms with E-state index in [1.54, 1.807) is 35.0 Å². The van der Waals surface area contributed by atoms with Gasteiger partial charge in [0.2, 0.25) is 5.91 Å². The minimum absolute atomic E-state index is 0.146. The van der Waals surface area contributed by atoms with E-state index in [1.807, 2.05) is 41.8 Å². The molecule has 0 aliphatic rings. The number of nitrogens with one attached hydrogen (secondary N) is 2. The maximum atomic E-state index is 12.3. The molecule has 0 fully saturated rings. The van der Waals surface area contributed by atoms with Crippen molar-refractivity contribution < 1.29 is 9.59 Å². The smallest absolute Gasteiger partial charge is 0.265 e. The van der Waals surface area contributed by atoms with Crippen LogP contribution in [0.15, 0.2) is 76.4 Å². The summed E-state index contributed by atoms with van der Waals surface area (Å²) in [7, 11) is 0. The van der Waals surface area contributed by atoms with Gasteiger partial charge in [0.25, 0.3) is 5.91 Å². The van der Waals surface area contributed by atoms with Crippen molar-refractivity contribution in [1.82, 2.24) is 9.78 Å². The normalized spacial score (nSPS) is 10.6. The van der Waals surface area contributed by atoms with E-state index in [2.05, 4.69) is 15.7 Å². The van der Waals surface area contributed by atoms with Gasteiger partial charge in [-0.3, -0.25) is 9.59 Å². The number of anilines is 2. The summed E-state index contributed by atoms with van der Waals surface area (Å²) in [5, 5.41) is 12.0. The lowest BCUT2D eigenvalue weighted by Gasteiger charge is -2.07. The van der Waals surface area contributed by atoms with E-state index in [0.717, 1.165) is 10.0 Å². The molecule has 2 aromatic heterocycles. The average Bonchev–Trinajstić information content (AvgIpc) is 3.44. The van der Waals surface area contributed by atoms with Crippen LogP contribution in [0.4, 0.5) is 11.4 Å². The summed E-state index contributed by atoms with van der Waals surface area (Å²) < 4.78 is 3.06. The summed E-state index contributed by atoms with van der Waals surface area (Å²) in [6, 6.07) is 20.3. The molecule has 0 atom stereocenters. The Hall–Kier alpha value is -2.79. The number of hydrogen-bond acceptors (Lipinski definition) is 7. The second-order valence-electron chi connectivity index (χ2n) is 6.23. The van der Waals surface area contributed by atoms with Gasteiger partial charge < -0.3 is 10.6 Å². The number of aromatic nitrogens is 2. The molecular weight excluding hydrogens is 469 g/mol. The van der Waals surface area contributed by atoms with Crippen molar-refractivity contribution in [2.45, 2.75) is 4.34 Å². The Balaban J connectivity index is 1.30. The highest BCUT2D eigenvalue weighted by Gasteiger charge is 2.10. The second kappa shape index (κ2) is 10.0. The van der Waals surface area contributed by atoms with Crippen molar-refractivity contribution in [3.05, 3.63) is 80.9 Å². The Kier molecular flexibility index (Phi) is 6.92. The number of carbonyl (C=O) groups excluding carboxylic acids is 2. The molecule has 4 rings (SSSR count). The number of para-hydroxylation sites is 1. The molecule has 6 nitrogen and oxygen atoms in total. The van der Waals surface area contributed by atoms with Crippen molar-refractivity contribution in [1.29, 1.82) is 0 Å². The van der Waals surface area contributed by atoms with Crippen LogP contribution in [0.2, 0.25) is 0 Å². The van der Waals surface area contributed by atoms with Gasteiger partial charge in [-0.2, -0.15) is 0 Å². The van der Waals surface area contributed by atoms with Crippen molar-refractivity contribution in [2.75, 3.05) is 16.4 Å². The fraction of sp³-hybridized carbons (Fsp3) is 0.0476. The number of thiophene rings is 1. The first kappa shape index (κ1) is 21.4. The van der Waals surface area contributed by atoms with Gasteiger partial charge in [-0.15, -0.1) is 16.4 Å². The minimum atomic E-state index is -0.152. The zero-order valence-corrected chi connectivity index (χ0v) is 19.2. The molecular formula is C21H16N4O2S4. The van der Waals surface area contributed by atoms with Crippen LogP contribution in [0.25, 0.3) is 5.69 Å². The third-order valence-electron chi connectivity index (χ3n) is 4.03. The van der Waals surface area contributed by atoms with E-state index in [0.29, 0.717) is 20.2 Å². The number of amides is 2. The van der Waals surface area contributed by atoms with Gasteiger partial charge in [-0.25, -0.2) is 4.68 Å². The van der Waals surface area contributed by atoms with Crippen LogP contribution in [0, 0.1) is 3.95 Å². The molecule has 31 heavy (non-hydrogen) atoms. The van der Waals surface area contributed by atoms with Crippen molar-refractivity contribution in [2.24, 2.45) is 0 Å². The molecule has 2 amide bonds. The van der Waals surface area contributed by atoms with Crippen LogP contribution in [0.1, 0.15) is 9.67 Å². The summed E-state index contributed by atoms with van der Waals surface area (Å²) in [6.45, 7) is 0. The third kappa shape index (κ3) is 5.67. The number of nitrogens with zero attached hydrogens (tertiary/aromatic N) is 2. The Labute approximate surface area is 196 Å². The van der Waals surface area contributed by atoms with Gasteiger partial charge in [-0.05, 0) is 60.1 Å². The number of carbonyl (C=O) groups is 2. The minimum Gasteiger partial charge on any atom is -0.325 e. The van der Waals surface area contributed by atoms with E-state index in [4.69, 9.17) is 12.2 Å². The first-order chi connectivity index (χ1) is 15.1. The van der Waals surface area contributed by atoms with E-state index in [-0.39, 0.29) is 17.6 Å². The Morgan fingerprint density at radius 1 is 0.968 bits per heavy atom. The Morgan fingerprint density at radius 2 is 1.68 bits per heavy atom. The van der Waals surface area contributed by atoms with Gasteiger partial charge in [0, 0.05) is 11.4 Å². The maximum Gasteiger partial charge on any atom is 0.265 e. The molecule has 10 heteroatoms. The Bertz CT molecular complexity index is 1230. The molecule has 0 spiro atoms. The summed E-state index contributed by atoms with van der Waals surface area (Å²) >= 11 is 9.48. The van der Waals surface area contributed by atoms with E-state index >= 15 is 0 Å². The van der Waals surface area contributed by atoms with Crippen LogP contribution in [-0.4, -0.2) is 27.3 Å². The molecule has 2 heterocycles. The lowest BCUT2D eigenvalue weighted by molar-refractivity contribution is -0.113. The summed E-state index contributed by atoms with van der Waals surface area (Å²) in [5.41, 5.74) is 2.21. The zero-order valence-electron chi connectivity index (χ0n) is 16.0. The molecule has 2 N–H and O–H groups in total. The molecule has 156 valence electrons. The average molecular weight is 485 g/mol. The number of rotatable bonds is 7. The van der Waals surface area contributed by atoms with Gasteiger partial charge in [0.15, 0.2) is 8.29 Å². The third-order valence-corrected chi connectivity index (χ3v) is 7.26. The largest absolute Gasteiger partial charge is 0.325 e. The quantitative estimate of drug-likeness (QED) is 0.260. The first-order valence-corrected chi connectivity index (χ1v) is 12.2. The van der Waals surface area contributed by atoms with E-state index in [9.17, 15) is 9.59 Å². The van der Waals surface area contributed by atoms with Crippen molar-refractivity contribution in [3.8, 4) is 5.69 Å². The molecule has 0 saturated carbocycles. The van der Waals surface area contributed by atoms with E-state index < -0.39 is 0 Å². The van der Waals surface area contributed by atoms with Crippen molar-refractivity contribution >= 4 is 69.8 Å². The molecule has 0 bridgehead atoms. The van der Waals surface area contributed by atoms with Gasteiger partial charge in [0.05, 0.1) is 16.3 Å². The molecule has 0 radical (unpaired) electrons. The van der Waals surface area contributed by atoms with Crippen LogP contribution in [-0.2, 0) is 4.79 Å². The molecule has 0 aliphatic heterocycles. The van der Waals surface area contributed by atoms with E-state index in [1.165, 1.54) is 34.4 Å². The second-order valence-corrected chi connectivity index (χ2v) is 10.0. The molecule has 0 saturated heterocycles. The zero-order chi connectivity index (χ0) is 21.6. The highest BCUT2D eigenvalue weighted by Crippen LogP contribution is 2.24. The highest BCUT2D eigenvalue weighted by molar-refractivity contribution is 8.01. The van der Waals surface area contributed by atoms with Gasteiger partial charge in [0.1, 0.15) is 0 Å². The predicted octanol–water partition coefficient (Wildman–Crippen LogP) is 5.71. The fourth-order valence-corrected chi connectivity index (χ4v) is 5.39. The highest BCUT2D eigenvalue weighted by atomic mass is 32.2. The first-order valence-electron chi connectivity index (χ1n) is 9.12. The number of thioether (sulfide) groups is 1. The molecule has 2 aromatic carbocycles. The van der Waals surface area contributed by atoms with Crippen molar-refractivity contribution in [3.63, 3.8) is 0 Å². The lowest BCUT2D eigenvalue weighted by atomic mass is 10.2. The Morgan fingerprint density at radius 3 is 2.35 bits per heavy atom. The summed E-state index contributed by atoms with van der Waals surface area (Å²) in [4.78, 5) is 25.0. The van der Waals surface area contributed by atoms with Crippen LogP contribution < -0.4 is 10.6 Å². The predicted molar refractivity (Wildman–Crippen MR) is 130 cm³/mol. The van der Waals surface area contributed by atoms with Crippen LogP contribution in [0.3, 0.4) is 0 Å². The fourth-order valence-electron chi connectivity index (χ4n) is 2.61. The lowest BCUT2D eigenvalue weighted by Crippen LogP contribution is -2.14. The van der Waals surface area contributed by atoms with Crippen LogP contribution in [0.5, 0.6) is 0 Å². The topological polar surface area (TPSA) is 76.0 Å². The van der Waals surface area contributed by atoms with Gasteiger partial charge >= 0.3 is 0 Å². The summed E-state index contributed by atoms with van der Waals surface area (Å²) in [5.74, 6) is -0.0817.